The Kier molecular flexibility index (Phi) is 6.94. The van der Waals surface area contributed by atoms with E-state index in [4.69, 9.17) is 23.2 Å². The molecular formula is C23H22Cl2N2O3S. The number of halogens is 2. The molecule has 162 valence electrons. The van der Waals surface area contributed by atoms with E-state index in [1.807, 2.05) is 26.8 Å². The van der Waals surface area contributed by atoms with Crippen LogP contribution < -0.4 is 9.62 Å². The molecule has 0 unspecified atom stereocenters. The standard InChI is InChI=1S/C23H22Cl2N2O3S/c1-15-7-10-19(11-8-15)31(29,30)27(22-6-4-5-16(2)17(22)3)14-23(28)26-21-13-18(24)9-12-20(21)25/h4-13H,14H2,1-3H3,(H,26,28). The van der Waals surface area contributed by atoms with E-state index < -0.39 is 22.5 Å². The maximum absolute atomic E-state index is 13.5. The molecule has 0 heterocycles. The van der Waals surface area contributed by atoms with Crippen molar-refractivity contribution < 1.29 is 13.2 Å². The normalized spacial score (nSPS) is 11.3. The van der Waals surface area contributed by atoms with Crippen LogP contribution in [0, 0.1) is 20.8 Å². The molecule has 0 fully saturated rings. The number of anilines is 2. The van der Waals surface area contributed by atoms with Gasteiger partial charge in [-0.05, 0) is 68.3 Å². The highest BCUT2D eigenvalue weighted by Gasteiger charge is 2.28. The Morgan fingerprint density at radius 1 is 0.968 bits per heavy atom. The summed E-state index contributed by atoms with van der Waals surface area (Å²) in [4.78, 5) is 13.0. The molecular weight excluding hydrogens is 455 g/mol. The van der Waals surface area contributed by atoms with Gasteiger partial charge < -0.3 is 5.32 Å². The van der Waals surface area contributed by atoms with Crippen molar-refractivity contribution in [3.8, 4) is 0 Å². The molecule has 1 N–H and O–H groups in total. The predicted molar refractivity (Wildman–Crippen MR) is 127 cm³/mol. The average Bonchev–Trinajstić information content (AvgIpc) is 2.71. The molecule has 5 nitrogen and oxygen atoms in total. The summed E-state index contributed by atoms with van der Waals surface area (Å²) < 4.78 is 28.1. The average molecular weight is 477 g/mol. The summed E-state index contributed by atoms with van der Waals surface area (Å²) in [7, 11) is -4.00. The van der Waals surface area contributed by atoms with Crippen LogP contribution >= 0.6 is 23.2 Å². The Hall–Kier alpha value is -2.54. The van der Waals surface area contributed by atoms with Gasteiger partial charge in [-0.1, -0.05) is 53.0 Å². The monoisotopic (exact) mass is 476 g/mol. The van der Waals surface area contributed by atoms with Crippen molar-refractivity contribution in [2.45, 2.75) is 25.7 Å². The minimum atomic E-state index is -4.00. The molecule has 0 saturated carbocycles. The zero-order chi connectivity index (χ0) is 22.8. The van der Waals surface area contributed by atoms with Crippen molar-refractivity contribution in [2.75, 3.05) is 16.2 Å². The van der Waals surface area contributed by atoms with Gasteiger partial charge >= 0.3 is 0 Å². The van der Waals surface area contributed by atoms with Gasteiger partial charge in [0.15, 0.2) is 0 Å². The smallest absolute Gasteiger partial charge is 0.264 e. The van der Waals surface area contributed by atoms with E-state index in [0.29, 0.717) is 21.4 Å². The number of benzene rings is 3. The van der Waals surface area contributed by atoms with Gasteiger partial charge in [-0.15, -0.1) is 0 Å². The van der Waals surface area contributed by atoms with Gasteiger partial charge in [-0.3, -0.25) is 9.10 Å². The molecule has 8 heteroatoms. The van der Waals surface area contributed by atoms with E-state index in [2.05, 4.69) is 5.32 Å². The Morgan fingerprint density at radius 2 is 1.65 bits per heavy atom. The number of nitrogens with one attached hydrogen (secondary N) is 1. The molecule has 0 spiro atoms. The van der Waals surface area contributed by atoms with Gasteiger partial charge in [0.2, 0.25) is 5.91 Å². The van der Waals surface area contributed by atoms with E-state index >= 15 is 0 Å². The second kappa shape index (κ2) is 9.30. The SMILES string of the molecule is Cc1ccc(S(=O)(=O)N(CC(=O)Nc2cc(Cl)ccc2Cl)c2cccc(C)c2C)cc1. The zero-order valence-electron chi connectivity index (χ0n) is 17.3. The first-order valence-electron chi connectivity index (χ1n) is 9.50. The van der Waals surface area contributed by atoms with Crippen LogP contribution in [0.2, 0.25) is 10.0 Å². The first-order chi connectivity index (χ1) is 14.6. The second-order valence-corrected chi connectivity index (χ2v) is 9.92. The molecule has 3 aromatic rings. The molecule has 0 aromatic heterocycles. The highest BCUT2D eigenvalue weighted by molar-refractivity contribution is 7.92. The van der Waals surface area contributed by atoms with E-state index in [1.54, 1.807) is 36.4 Å². The lowest BCUT2D eigenvalue weighted by atomic mass is 10.1. The first-order valence-corrected chi connectivity index (χ1v) is 11.7. The molecule has 0 aliphatic carbocycles. The molecule has 3 rings (SSSR count). The number of hydrogen-bond acceptors (Lipinski definition) is 3. The summed E-state index contributed by atoms with van der Waals surface area (Å²) in [5, 5.41) is 3.36. The van der Waals surface area contributed by atoms with E-state index in [9.17, 15) is 13.2 Å². The number of nitrogens with zero attached hydrogens (tertiary/aromatic N) is 1. The molecule has 0 aliphatic rings. The highest BCUT2D eigenvalue weighted by Crippen LogP contribution is 2.30. The summed E-state index contributed by atoms with van der Waals surface area (Å²) in [5.74, 6) is -0.541. The summed E-state index contributed by atoms with van der Waals surface area (Å²) in [6.07, 6.45) is 0. The van der Waals surface area contributed by atoms with Crippen molar-refractivity contribution in [2.24, 2.45) is 0 Å². The molecule has 0 saturated heterocycles. The summed E-state index contributed by atoms with van der Waals surface area (Å²) in [6.45, 7) is 5.17. The number of aryl methyl sites for hydroxylation is 2. The lowest BCUT2D eigenvalue weighted by Crippen LogP contribution is -2.38. The van der Waals surface area contributed by atoms with Crippen LogP contribution in [0.1, 0.15) is 16.7 Å². The van der Waals surface area contributed by atoms with Gasteiger partial charge in [0, 0.05) is 5.02 Å². The van der Waals surface area contributed by atoms with Crippen LogP contribution in [0.4, 0.5) is 11.4 Å². The Bertz CT molecular complexity index is 1230. The fourth-order valence-electron chi connectivity index (χ4n) is 3.06. The molecule has 1 amide bonds. The highest BCUT2D eigenvalue weighted by atomic mass is 35.5. The van der Waals surface area contributed by atoms with Crippen molar-refractivity contribution in [3.63, 3.8) is 0 Å². The minimum absolute atomic E-state index is 0.104. The Morgan fingerprint density at radius 3 is 2.32 bits per heavy atom. The quantitative estimate of drug-likeness (QED) is 0.492. The van der Waals surface area contributed by atoms with Gasteiger partial charge in [-0.25, -0.2) is 8.42 Å². The summed E-state index contributed by atoms with van der Waals surface area (Å²) in [6, 6.07) is 16.5. The van der Waals surface area contributed by atoms with Crippen LogP contribution in [-0.4, -0.2) is 20.9 Å². The van der Waals surface area contributed by atoms with Gasteiger partial charge in [-0.2, -0.15) is 0 Å². The fourth-order valence-corrected chi connectivity index (χ4v) is 4.87. The van der Waals surface area contributed by atoms with Crippen LogP contribution in [0.25, 0.3) is 0 Å². The number of hydrogen-bond donors (Lipinski definition) is 1. The molecule has 0 aliphatic heterocycles. The fraction of sp³-hybridized carbons (Fsp3) is 0.174. The molecule has 0 atom stereocenters. The number of amides is 1. The number of carbonyl (C=O) groups excluding carboxylic acids is 1. The van der Waals surface area contributed by atoms with Crippen molar-refractivity contribution in [1.29, 1.82) is 0 Å². The van der Waals surface area contributed by atoms with Crippen molar-refractivity contribution >= 4 is 50.5 Å². The first kappa shape index (κ1) is 23.1. The van der Waals surface area contributed by atoms with E-state index in [0.717, 1.165) is 21.0 Å². The minimum Gasteiger partial charge on any atom is -0.323 e. The van der Waals surface area contributed by atoms with Crippen LogP contribution in [0.5, 0.6) is 0 Å². The van der Waals surface area contributed by atoms with Crippen molar-refractivity contribution in [1.82, 2.24) is 0 Å². The molecule has 0 bridgehead atoms. The van der Waals surface area contributed by atoms with Gasteiger partial charge in [0.1, 0.15) is 6.54 Å². The third-order valence-electron chi connectivity index (χ3n) is 4.94. The van der Waals surface area contributed by atoms with Crippen molar-refractivity contribution in [3.05, 3.63) is 87.4 Å². The van der Waals surface area contributed by atoms with Crippen LogP contribution in [0.15, 0.2) is 65.6 Å². The van der Waals surface area contributed by atoms with Gasteiger partial charge in [0.25, 0.3) is 10.0 Å². The number of sulfonamides is 1. The topological polar surface area (TPSA) is 66.5 Å². The predicted octanol–water partition coefficient (Wildman–Crippen LogP) is 5.75. The number of rotatable bonds is 6. The number of carbonyl (C=O) groups is 1. The summed E-state index contributed by atoms with van der Waals surface area (Å²) in [5.41, 5.74) is 3.37. The lowest BCUT2D eigenvalue weighted by molar-refractivity contribution is -0.114. The zero-order valence-corrected chi connectivity index (χ0v) is 19.6. The van der Waals surface area contributed by atoms with Crippen LogP contribution in [0.3, 0.4) is 0 Å². The molecule has 31 heavy (non-hydrogen) atoms. The molecule has 3 aromatic carbocycles. The molecule has 0 radical (unpaired) electrons. The van der Waals surface area contributed by atoms with Gasteiger partial charge in [0.05, 0.1) is 21.3 Å². The largest absolute Gasteiger partial charge is 0.323 e. The van der Waals surface area contributed by atoms with E-state index in [-0.39, 0.29) is 4.90 Å². The Labute approximate surface area is 192 Å². The lowest BCUT2D eigenvalue weighted by Gasteiger charge is -2.26. The Balaban J connectivity index is 2.02. The third-order valence-corrected chi connectivity index (χ3v) is 7.28. The van der Waals surface area contributed by atoms with Crippen LogP contribution in [-0.2, 0) is 14.8 Å². The second-order valence-electron chi connectivity index (χ2n) is 7.22. The van der Waals surface area contributed by atoms with E-state index in [1.165, 1.54) is 18.2 Å². The third kappa shape index (κ3) is 5.21. The maximum atomic E-state index is 13.5. The summed E-state index contributed by atoms with van der Waals surface area (Å²) >= 11 is 12.1. The maximum Gasteiger partial charge on any atom is 0.264 e.